The van der Waals surface area contributed by atoms with Crippen LogP contribution in [0.15, 0.2) is 36.4 Å². The lowest BCUT2D eigenvalue weighted by Crippen LogP contribution is -2.37. The third-order valence-corrected chi connectivity index (χ3v) is 4.68. The van der Waals surface area contributed by atoms with Crippen LogP contribution in [0.3, 0.4) is 0 Å². The molecule has 1 fully saturated rings. The van der Waals surface area contributed by atoms with Crippen molar-refractivity contribution in [2.75, 3.05) is 41.8 Å². The monoisotopic (exact) mass is 395 g/mol. The van der Waals surface area contributed by atoms with E-state index < -0.39 is 0 Å². The first-order valence-corrected chi connectivity index (χ1v) is 9.16. The van der Waals surface area contributed by atoms with Gasteiger partial charge in [-0.2, -0.15) is 0 Å². The molecule has 0 atom stereocenters. The number of nitrogens with one attached hydrogen (secondary N) is 2. The molecule has 1 aliphatic rings. The smallest absolute Gasteiger partial charge is 0.175 e. The number of anilines is 3. The van der Waals surface area contributed by atoms with Gasteiger partial charge < -0.3 is 20.3 Å². The summed E-state index contributed by atoms with van der Waals surface area (Å²) in [6.07, 6.45) is 0. The highest BCUT2D eigenvalue weighted by atomic mass is 35.5. The van der Waals surface area contributed by atoms with Crippen LogP contribution in [0.4, 0.5) is 17.1 Å². The molecule has 3 rings (SSSR count). The van der Waals surface area contributed by atoms with Gasteiger partial charge in [-0.25, -0.2) is 0 Å². The van der Waals surface area contributed by atoms with Crippen molar-refractivity contribution in [2.45, 2.75) is 6.92 Å². The maximum Gasteiger partial charge on any atom is 0.175 e. The lowest BCUT2D eigenvalue weighted by atomic mass is 10.1. The number of benzene rings is 2. The van der Waals surface area contributed by atoms with E-state index in [-0.39, 0.29) is 0 Å². The average molecular weight is 396 g/mol. The third-order valence-electron chi connectivity index (χ3n) is 3.93. The highest BCUT2D eigenvalue weighted by molar-refractivity contribution is 7.80. The third kappa shape index (κ3) is 4.76. The number of thiocarbonyl (C=S) groups is 1. The van der Waals surface area contributed by atoms with Crippen LogP contribution >= 0.6 is 35.4 Å². The predicted molar refractivity (Wildman–Crippen MR) is 111 cm³/mol. The molecule has 0 aliphatic carbocycles. The summed E-state index contributed by atoms with van der Waals surface area (Å²) >= 11 is 17.6. The van der Waals surface area contributed by atoms with Gasteiger partial charge in [0, 0.05) is 18.1 Å². The van der Waals surface area contributed by atoms with E-state index in [0.717, 1.165) is 43.2 Å². The summed E-state index contributed by atoms with van der Waals surface area (Å²) in [5, 5.41) is 7.99. The summed E-state index contributed by atoms with van der Waals surface area (Å²) in [6, 6.07) is 11.5. The van der Waals surface area contributed by atoms with E-state index in [1.165, 1.54) is 0 Å². The van der Waals surface area contributed by atoms with Crippen LogP contribution in [0, 0.1) is 6.92 Å². The van der Waals surface area contributed by atoms with Crippen molar-refractivity contribution in [3.63, 3.8) is 0 Å². The lowest BCUT2D eigenvalue weighted by molar-refractivity contribution is 0.123. The summed E-state index contributed by atoms with van der Waals surface area (Å²) in [4.78, 5) is 2.29. The molecular formula is C18H19Cl2N3OS. The molecule has 2 aromatic rings. The molecule has 1 heterocycles. The molecule has 1 saturated heterocycles. The molecule has 0 spiro atoms. The zero-order valence-electron chi connectivity index (χ0n) is 13.8. The minimum absolute atomic E-state index is 0.476. The van der Waals surface area contributed by atoms with Crippen molar-refractivity contribution in [3.05, 3.63) is 52.0 Å². The fourth-order valence-corrected chi connectivity index (χ4v) is 3.37. The van der Waals surface area contributed by atoms with Crippen molar-refractivity contribution in [2.24, 2.45) is 0 Å². The number of aryl methyl sites for hydroxylation is 1. The fraction of sp³-hybridized carbons (Fsp3) is 0.278. The molecule has 25 heavy (non-hydrogen) atoms. The highest BCUT2D eigenvalue weighted by Crippen LogP contribution is 2.29. The summed E-state index contributed by atoms with van der Waals surface area (Å²) < 4.78 is 5.44. The molecule has 0 aromatic heterocycles. The second-order valence-corrected chi connectivity index (χ2v) is 7.08. The molecule has 7 heteroatoms. The Morgan fingerprint density at radius 2 is 1.76 bits per heavy atom. The van der Waals surface area contributed by atoms with Crippen LogP contribution in [-0.2, 0) is 4.74 Å². The molecule has 2 aromatic carbocycles. The number of hydrogen-bond donors (Lipinski definition) is 2. The first kappa shape index (κ1) is 18.3. The first-order chi connectivity index (χ1) is 12.0. The van der Waals surface area contributed by atoms with E-state index >= 15 is 0 Å². The van der Waals surface area contributed by atoms with Gasteiger partial charge >= 0.3 is 0 Å². The highest BCUT2D eigenvalue weighted by Gasteiger charge is 2.16. The number of ether oxygens (including phenoxy) is 1. The van der Waals surface area contributed by atoms with Crippen LogP contribution < -0.4 is 15.5 Å². The molecule has 1 aliphatic heterocycles. The van der Waals surface area contributed by atoms with Crippen LogP contribution in [-0.4, -0.2) is 31.4 Å². The summed E-state index contributed by atoms with van der Waals surface area (Å²) in [5.74, 6) is 0. The van der Waals surface area contributed by atoms with E-state index in [9.17, 15) is 0 Å². The Bertz CT molecular complexity index is 779. The van der Waals surface area contributed by atoms with E-state index in [1.807, 2.05) is 0 Å². The minimum atomic E-state index is 0.476. The molecule has 132 valence electrons. The number of rotatable bonds is 3. The summed E-state index contributed by atoms with van der Waals surface area (Å²) in [6.45, 7) is 5.25. The second kappa shape index (κ2) is 8.23. The normalized spacial score (nSPS) is 14.3. The predicted octanol–water partition coefficient (Wildman–Crippen LogP) is 4.95. The standard InChI is InChI=1S/C18H19Cl2N3OS/c1-12-2-5-17(23-6-8-24-9-7-23)16(10-12)22-18(25)21-15-4-3-13(19)11-14(15)20/h2-5,10-11H,6-9H2,1H3,(H2,21,22,25). The van der Waals surface area contributed by atoms with Gasteiger partial charge in [-0.15, -0.1) is 0 Å². The Hall–Kier alpha value is -1.53. The molecule has 0 amide bonds. The molecule has 0 unspecified atom stereocenters. The summed E-state index contributed by atoms with van der Waals surface area (Å²) in [5.41, 5.74) is 3.95. The van der Waals surface area contributed by atoms with E-state index in [1.54, 1.807) is 18.2 Å². The van der Waals surface area contributed by atoms with Gasteiger partial charge in [-0.3, -0.25) is 0 Å². The number of hydrogen-bond acceptors (Lipinski definition) is 3. The largest absolute Gasteiger partial charge is 0.378 e. The van der Waals surface area contributed by atoms with Crippen molar-refractivity contribution in [3.8, 4) is 0 Å². The Morgan fingerprint density at radius 1 is 1.04 bits per heavy atom. The Morgan fingerprint density at radius 3 is 2.48 bits per heavy atom. The van der Waals surface area contributed by atoms with Crippen molar-refractivity contribution in [1.29, 1.82) is 0 Å². The minimum Gasteiger partial charge on any atom is -0.378 e. The molecule has 0 bridgehead atoms. The number of morpholine rings is 1. The van der Waals surface area contributed by atoms with Crippen LogP contribution in [0.25, 0.3) is 0 Å². The summed E-state index contributed by atoms with van der Waals surface area (Å²) in [7, 11) is 0. The van der Waals surface area contributed by atoms with Crippen LogP contribution in [0.5, 0.6) is 0 Å². The van der Waals surface area contributed by atoms with E-state index in [4.69, 9.17) is 40.2 Å². The Balaban J connectivity index is 1.77. The fourth-order valence-electron chi connectivity index (χ4n) is 2.70. The SMILES string of the molecule is Cc1ccc(N2CCOCC2)c(NC(=S)Nc2ccc(Cl)cc2Cl)c1. The van der Waals surface area contributed by atoms with Gasteiger partial charge in [-0.05, 0) is 55.0 Å². The Kier molecular flexibility index (Phi) is 6.02. The van der Waals surface area contributed by atoms with Crippen LogP contribution in [0.2, 0.25) is 10.0 Å². The van der Waals surface area contributed by atoms with Gasteiger partial charge in [0.25, 0.3) is 0 Å². The van der Waals surface area contributed by atoms with Crippen molar-refractivity contribution < 1.29 is 4.74 Å². The van der Waals surface area contributed by atoms with Crippen LogP contribution in [0.1, 0.15) is 5.56 Å². The molecule has 0 saturated carbocycles. The van der Waals surface area contributed by atoms with Gasteiger partial charge in [-0.1, -0.05) is 29.3 Å². The van der Waals surface area contributed by atoms with Gasteiger partial charge in [0.05, 0.1) is 35.3 Å². The van der Waals surface area contributed by atoms with E-state index in [2.05, 4.69) is 40.7 Å². The maximum atomic E-state index is 6.20. The van der Waals surface area contributed by atoms with E-state index in [0.29, 0.717) is 20.8 Å². The Labute approximate surface area is 163 Å². The quantitative estimate of drug-likeness (QED) is 0.719. The molecule has 4 nitrogen and oxygen atoms in total. The number of nitrogens with zero attached hydrogens (tertiary/aromatic N) is 1. The average Bonchev–Trinajstić information content (AvgIpc) is 2.58. The van der Waals surface area contributed by atoms with Gasteiger partial charge in [0.15, 0.2) is 5.11 Å². The molecule has 2 N–H and O–H groups in total. The maximum absolute atomic E-state index is 6.20. The molecule has 0 radical (unpaired) electrons. The van der Waals surface area contributed by atoms with Gasteiger partial charge in [0.2, 0.25) is 0 Å². The number of halogens is 2. The molecular weight excluding hydrogens is 377 g/mol. The second-order valence-electron chi connectivity index (χ2n) is 5.82. The lowest BCUT2D eigenvalue weighted by Gasteiger charge is -2.31. The zero-order chi connectivity index (χ0) is 17.8. The van der Waals surface area contributed by atoms with Crippen molar-refractivity contribution >= 4 is 57.6 Å². The van der Waals surface area contributed by atoms with Crippen molar-refractivity contribution in [1.82, 2.24) is 0 Å². The van der Waals surface area contributed by atoms with Gasteiger partial charge in [0.1, 0.15) is 0 Å². The topological polar surface area (TPSA) is 36.5 Å². The zero-order valence-corrected chi connectivity index (χ0v) is 16.1. The first-order valence-electron chi connectivity index (χ1n) is 7.99.